The van der Waals surface area contributed by atoms with Crippen LogP contribution in [-0.4, -0.2) is 8.07 Å². The highest BCUT2D eigenvalue weighted by atomic mass is 28.3. The van der Waals surface area contributed by atoms with E-state index in [4.69, 9.17) is 4.42 Å². The molecule has 2 aromatic heterocycles. The van der Waals surface area contributed by atoms with Gasteiger partial charge in [-0.15, -0.1) is 0 Å². The molecule has 0 saturated heterocycles. The van der Waals surface area contributed by atoms with E-state index >= 15 is 0 Å². The number of pyridine rings is 1. The number of rotatable bonds is 2. The number of allylic oxidation sites excluding steroid dienone is 3. The Labute approximate surface area is 184 Å². The van der Waals surface area contributed by atoms with Gasteiger partial charge in [-0.1, -0.05) is 54.3 Å². The molecule has 2 aromatic carbocycles. The molecule has 0 saturated carbocycles. The van der Waals surface area contributed by atoms with Gasteiger partial charge in [-0.3, -0.25) is 0 Å². The minimum atomic E-state index is -1.45. The van der Waals surface area contributed by atoms with Crippen molar-refractivity contribution in [2.75, 3.05) is 0 Å². The molecule has 0 N–H and O–H groups in total. The first-order chi connectivity index (χ1) is 15.0. The summed E-state index contributed by atoms with van der Waals surface area (Å²) in [5, 5.41) is 4.19. The lowest BCUT2D eigenvalue weighted by molar-refractivity contribution is -0.660. The summed E-state index contributed by atoms with van der Waals surface area (Å²) in [5.74, 6) is 0. The van der Waals surface area contributed by atoms with Crippen molar-refractivity contribution >= 4 is 35.6 Å². The number of nitrogens with zero attached hydrogens (tertiary/aromatic N) is 1. The van der Waals surface area contributed by atoms with Crippen LogP contribution in [0.4, 0.5) is 0 Å². The maximum absolute atomic E-state index is 6.77. The van der Waals surface area contributed by atoms with Crippen LogP contribution in [0.25, 0.3) is 38.8 Å². The number of aromatic nitrogens is 1. The molecule has 154 valence electrons. The molecule has 0 radical (unpaired) electrons. The second-order valence-corrected chi connectivity index (χ2v) is 14.0. The molecule has 0 spiro atoms. The van der Waals surface area contributed by atoms with Crippen LogP contribution in [0.3, 0.4) is 0 Å². The number of aryl methyl sites for hydroxylation is 2. The zero-order valence-corrected chi connectivity index (χ0v) is 19.8. The fourth-order valence-electron chi connectivity index (χ4n) is 5.80. The van der Waals surface area contributed by atoms with E-state index in [9.17, 15) is 0 Å². The lowest BCUT2D eigenvalue weighted by atomic mass is 9.96. The van der Waals surface area contributed by atoms with E-state index in [1.165, 1.54) is 58.0 Å². The van der Waals surface area contributed by atoms with Crippen LogP contribution in [0.1, 0.15) is 30.4 Å². The van der Waals surface area contributed by atoms with Crippen molar-refractivity contribution in [3.05, 3.63) is 82.3 Å². The molecule has 0 fully saturated rings. The molecule has 3 heterocycles. The van der Waals surface area contributed by atoms with Gasteiger partial charge in [0.25, 0.3) is 0 Å². The zero-order chi connectivity index (χ0) is 21.3. The molecule has 1 aliphatic carbocycles. The van der Waals surface area contributed by atoms with Crippen LogP contribution in [0.5, 0.6) is 0 Å². The largest absolute Gasteiger partial charge is 0.454 e. The summed E-state index contributed by atoms with van der Waals surface area (Å²) in [5.41, 5.74) is 12.6. The van der Waals surface area contributed by atoms with Crippen LogP contribution < -0.4 is 4.57 Å². The second-order valence-electron chi connectivity index (χ2n) is 9.71. The summed E-state index contributed by atoms with van der Waals surface area (Å²) in [6.45, 7) is 7.17. The molecule has 2 nitrogen and oxygen atoms in total. The van der Waals surface area contributed by atoms with Crippen LogP contribution in [0, 0.1) is 6.92 Å². The monoisotopic (exact) mass is 422 g/mol. The molecule has 0 bridgehead atoms. The van der Waals surface area contributed by atoms with E-state index in [-0.39, 0.29) is 0 Å². The first-order valence-corrected chi connectivity index (χ1v) is 14.4. The Kier molecular flexibility index (Phi) is 3.97. The van der Waals surface area contributed by atoms with Crippen LogP contribution in [0.15, 0.2) is 75.6 Å². The van der Waals surface area contributed by atoms with E-state index in [0.717, 1.165) is 11.2 Å². The summed E-state index contributed by atoms with van der Waals surface area (Å²) in [4.78, 5) is 0. The third-order valence-electron chi connectivity index (χ3n) is 7.30. The molecular weight excluding hydrogens is 394 g/mol. The van der Waals surface area contributed by atoms with Crippen molar-refractivity contribution in [2.24, 2.45) is 7.05 Å². The Morgan fingerprint density at radius 3 is 2.58 bits per heavy atom. The Bertz CT molecular complexity index is 1450. The summed E-state index contributed by atoms with van der Waals surface area (Å²) >= 11 is 0. The number of furan rings is 1. The number of fused-ring (bicyclic) bond motifs is 3. The maximum Gasteiger partial charge on any atom is 0.216 e. The van der Waals surface area contributed by atoms with Gasteiger partial charge in [-0.05, 0) is 49.0 Å². The molecule has 31 heavy (non-hydrogen) atoms. The van der Waals surface area contributed by atoms with Crippen LogP contribution >= 0.6 is 0 Å². The summed E-state index contributed by atoms with van der Waals surface area (Å²) in [6, 6.07) is 17.5. The van der Waals surface area contributed by atoms with Crippen molar-refractivity contribution in [1.29, 1.82) is 0 Å². The average molecular weight is 423 g/mol. The standard InChI is InChI=1S/C28H28NOSi/c1-18-14-15-22-20-10-7-11-21(23-17-31(3,4)25-13-8-9-19(23)25)27(20)30-28(22)26(18)24-12-5-6-16-29(24)2/h5-7,10-12,14-17H,8-9,13H2,1-4H3/q+1. The highest BCUT2D eigenvalue weighted by Crippen LogP contribution is 2.49. The Morgan fingerprint density at radius 2 is 1.74 bits per heavy atom. The molecule has 4 aromatic rings. The third kappa shape index (κ3) is 2.66. The van der Waals surface area contributed by atoms with Gasteiger partial charge in [0.1, 0.15) is 26.3 Å². The Morgan fingerprint density at radius 1 is 0.903 bits per heavy atom. The quantitative estimate of drug-likeness (QED) is 0.250. The second kappa shape index (κ2) is 6.54. The van der Waals surface area contributed by atoms with Crippen molar-refractivity contribution in [3.8, 4) is 11.3 Å². The first kappa shape index (κ1) is 18.8. The topological polar surface area (TPSA) is 17.0 Å². The minimum absolute atomic E-state index is 1.000. The molecular formula is C28H28NOSi+. The number of benzene rings is 2. The van der Waals surface area contributed by atoms with E-state index in [1.807, 2.05) is 0 Å². The van der Waals surface area contributed by atoms with E-state index < -0.39 is 8.07 Å². The number of hydrogen-bond donors (Lipinski definition) is 0. The predicted octanol–water partition coefficient (Wildman–Crippen LogP) is 7.05. The summed E-state index contributed by atoms with van der Waals surface area (Å²) < 4.78 is 8.95. The highest BCUT2D eigenvalue weighted by molar-refractivity contribution is 6.91. The minimum Gasteiger partial charge on any atom is -0.454 e. The van der Waals surface area contributed by atoms with Gasteiger partial charge < -0.3 is 4.42 Å². The number of para-hydroxylation sites is 1. The molecule has 0 amide bonds. The van der Waals surface area contributed by atoms with Crippen molar-refractivity contribution < 1.29 is 8.98 Å². The molecule has 0 unspecified atom stereocenters. The average Bonchev–Trinajstić information content (AvgIpc) is 3.43. The Balaban J connectivity index is 1.66. The maximum atomic E-state index is 6.77. The fraction of sp³-hybridized carbons (Fsp3) is 0.250. The third-order valence-corrected chi connectivity index (χ3v) is 10.4. The molecule has 1 aliphatic heterocycles. The van der Waals surface area contributed by atoms with Gasteiger partial charge >= 0.3 is 0 Å². The SMILES string of the molecule is Cc1ccc2c(oc3c(C4=C[Si](C)(C)C5=C4CCC5)cccc32)c1-c1cccc[n+]1C. The van der Waals surface area contributed by atoms with E-state index in [0.29, 0.717) is 0 Å². The molecule has 3 heteroatoms. The molecule has 0 atom stereocenters. The van der Waals surface area contributed by atoms with Crippen LogP contribution in [0.2, 0.25) is 13.1 Å². The zero-order valence-electron chi connectivity index (χ0n) is 18.8. The molecule has 6 rings (SSSR count). The lowest BCUT2D eigenvalue weighted by Crippen LogP contribution is -2.30. The van der Waals surface area contributed by atoms with Gasteiger partial charge in [-0.25, -0.2) is 4.57 Å². The summed E-state index contributed by atoms with van der Waals surface area (Å²) in [6.07, 6.45) is 5.92. The smallest absolute Gasteiger partial charge is 0.216 e. The Hall–Kier alpha value is -2.91. The van der Waals surface area contributed by atoms with Crippen molar-refractivity contribution in [2.45, 2.75) is 39.3 Å². The van der Waals surface area contributed by atoms with Gasteiger partial charge in [-0.2, -0.15) is 0 Å². The van der Waals surface area contributed by atoms with E-state index in [2.05, 4.69) is 92.1 Å². The molecule has 2 aliphatic rings. The number of hydrogen-bond acceptors (Lipinski definition) is 1. The van der Waals surface area contributed by atoms with E-state index in [1.54, 1.807) is 10.8 Å². The van der Waals surface area contributed by atoms with Crippen LogP contribution in [-0.2, 0) is 7.05 Å². The predicted molar refractivity (Wildman–Crippen MR) is 131 cm³/mol. The van der Waals surface area contributed by atoms with Crippen molar-refractivity contribution in [1.82, 2.24) is 0 Å². The van der Waals surface area contributed by atoms with Gasteiger partial charge in [0.05, 0.1) is 5.56 Å². The first-order valence-electron chi connectivity index (χ1n) is 11.3. The summed E-state index contributed by atoms with van der Waals surface area (Å²) in [7, 11) is 0.653. The van der Waals surface area contributed by atoms with Gasteiger partial charge in [0.15, 0.2) is 6.20 Å². The normalized spacial score (nSPS) is 17.6. The van der Waals surface area contributed by atoms with Gasteiger partial charge in [0, 0.05) is 28.5 Å². The van der Waals surface area contributed by atoms with Crippen molar-refractivity contribution in [3.63, 3.8) is 0 Å². The highest BCUT2D eigenvalue weighted by Gasteiger charge is 2.37. The fourth-order valence-corrected chi connectivity index (χ4v) is 8.89. The lowest BCUT2D eigenvalue weighted by Gasteiger charge is -2.15. The van der Waals surface area contributed by atoms with Gasteiger partial charge in [0.2, 0.25) is 5.69 Å².